The van der Waals surface area contributed by atoms with E-state index in [-0.39, 0.29) is 17.8 Å². The summed E-state index contributed by atoms with van der Waals surface area (Å²) in [4.78, 5) is 38.9. The molecule has 1 atom stereocenters. The van der Waals surface area contributed by atoms with Crippen molar-refractivity contribution in [1.29, 1.82) is 0 Å². The van der Waals surface area contributed by atoms with E-state index in [1.807, 2.05) is 61.2 Å². The van der Waals surface area contributed by atoms with Crippen LogP contribution in [0.25, 0.3) is 10.9 Å². The van der Waals surface area contributed by atoms with Crippen molar-refractivity contribution in [3.8, 4) is 5.75 Å². The molecule has 0 unspecified atom stereocenters. The first-order valence-electron chi connectivity index (χ1n) is 12.1. The summed E-state index contributed by atoms with van der Waals surface area (Å²) >= 11 is 0. The molecule has 2 aromatic carbocycles. The number of methoxy groups -OCH3 is 2. The molecule has 0 bridgehead atoms. The highest BCUT2D eigenvalue weighted by molar-refractivity contribution is 5.94. The van der Waals surface area contributed by atoms with Gasteiger partial charge < -0.3 is 19.7 Å². The number of piperazine rings is 1. The first-order valence-corrected chi connectivity index (χ1v) is 12.1. The van der Waals surface area contributed by atoms with Gasteiger partial charge in [0.05, 0.1) is 26.3 Å². The number of nitrogens with one attached hydrogen (secondary N) is 1. The van der Waals surface area contributed by atoms with Crippen LogP contribution in [0, 0.1) is 5.92 Å². The molecule has 9 heteroatoms. The Balaban J connectivity index is 1.47. The van der Waals surface area contributed by atoms with Crippen molar-refractivity contribution in [3.63, 3.8) is 0 Å². The lowest BCUT2D eigenvalue weighted by atomic mass is 10.0. The summed E-state index contributed by atoms with van der Waals surface area (Å²) in [7, 11) is 2.98. The van der Waals surface area contributed by atoms with Crippen LogP contribution in [0.4, 0.5) is 5.82 Å². The van der Waals surface area contributed by atoms with Crippen molar-refractivity contribution >= 4 is 28.6 Å². The van der Waals surface area contributed by atoms with Crippen LogP contribution >= 0.6 is 0 Å². The number of nitrogens with zero attached hydrogens (tertiary/aromatic N) is 4. The Hall–Kier alpha value is -3.72. The van der Waals surface area contributed by atoms with Crippen molar-refractivity contribution in [2.24, 2.45) is 5.92 Å². The van der Waals surface area contributed by atoms with Crippen LogP contribution < -0.4 is 10.1 Å². The number of hydrogen-bond donors (Lipinski definition) is 1. The van der Waals surface area contributed by atoms with Crippen LogP contribution in [0.5, 0.6) is 5.75 Å². The Morgan fingerprint density at radius 2 is 1.75 bits per heavy atom. The summed E-state index contributed by atoms with van der Waals surface area (Å²) in [5, 5.41) is 4.14. The number of amides is 1. The van der Waals surface area contributed by atoms with Crippen molar-refractivity contribution in [2.45, 2.75) is 26.4 Å². The minimum absolute atomic E-state index is 0.00419. The van der Waals surface area contributed by atoms with E-state index < -0.39 is 6.04 Å². The molecule has 1 aromatic heterocycles. The number of para-hydroxylation sites is 1. The predicted octanol–water partition coefficient (Wildman–Crippen LogP) is 3.21. The summed E-state index contributed by atoms with van der Waals surface area (Å²) in [6.07, 6.45) is 0. The molecule has 9 nitrogen and oxygen atoms in total. The molecule has 4 rings (SSSR count). The van der Waals surface area contributed by atoms with E-state index >= 15 is 0 Å². The number of rotatable bonds is 8. The second kappa shape index (κ2) is 11.3. The highest BCUT2D eigenvalue weighted by atomic mass is 16.5. The van der Waals surface area contributed by atoms with Gasteiger partial charge in [-0.1, -0.05) is 32.0 Å². The number of fused-ring (bicyclic) bond motifs is 1. The third-order valence-corrected chi connectivity index (χ3v) is 6.40. The predicted molar refractivity (Wildman–Crippen MR) is 138 cm³/mol. The number of carbonyl (C=O) groups excluding carboxylic acids is 2. The third kappa shape index (κ3) is 5.73. The van der Waals surface area contributed by atoms with Crippen LogP contribution in [-0.4, -0.2) is 78.1 Å². The molecule has 1 N–H and O–H groups in total. The second-order valence-corrected chi connectivity index (χ2v) is 9.20. The normalized spacial score (nSPS) is 15.1. The van der Waals surface area contributed by atoms with E-state index in [0.29, 0.717) is 55.7 Å². The number of aromatic nitrogens is 2. The van der Waals surface area contributed by atoms with Crippen molar-refractivity contribution in [2.75, 3.05) is 45.7 Å². The molecule has 36 heavy (non-hydrogen) atoms. The number of anilines is 1. The molecule has 3 aromatic rings. The highest BCUT2D eigenvalue weighted by Crippen LogP contribution is 2.23. The molecule has 0 radical (unpaired) electrons. The Morgan fingerprint density at radius 1 is 1.00 bits per heavy atom. The Labute approximate surface area is 211 Å². The highest BCUT2D eigenvalue weighted by Gasteiger charge is 2.26. The Kier molecular flexibility index (Phi) is 8.00. The van der Waals surface area contributed by atoms with Gasteiger partial charge in [0.2, 0.25) is 0 Å². The van der Waals surface area contributed by atoms with Crippen LogP contribution in [0.2, 0.25) is 0 Å². The lowest BCUT2D eigenvalue weighted by molar-refractivity contribution is -0.142. The van der Waals surface area contributed by atoms with E-state index in [1.54, 1.807) is 13.2 Å². The molecule has 0 saturated carbocycles. The van der Waals surface area contributed by atoms with Gasteiger partial charge in [-0.2, -0.15) is 0 Å². The van der Waals surface area contributed by atoms with Crippen LogP contribution in [0.1, 0.15) is 30.0 Å². The van der Waals surface area contributed by atoms with Crippen LogP contribution in [0.3, 0.4) is 0 Å². The smallest absolute Gasteiger partial charge is 0.328 e. The molecular weight excluding hydrogens is 458 g/mol. The first kappa shape index (κ1) is 25.4. The summed E-state index contributed by atoms with van der Waals surface area (Å²) in [5.74, 6) is 1.65. The molecule has 190 valence electrons. The van der Waals surface area contributed by atoms with Gasteiger partial charge in [-0.05, 0) is 36.2 Å². The first-order chi connectivity index (χ1) is 17.4. The molecule has 0 spiro atoms. The maximum atomic E-state index is 12.9. The number of ether oxygens (including phenoxy) is 2. The summed E-state index contributed by atoms with van der Waals surface area (Å²) in [6.45, 7) is 7.14. The van der Waals surface area contributed by atoms with Crippen molar-refractivity contribution in [1.82, 2.24) is 19.8 Å². The molecule has 1 aliphatic rings. The fourth-order valence-electron chi connectivity index (χ4n) is 4.33. The summed E-state index contributed by atoms with van der Waals surface area (Å²) in [6, 6.07) is 14.5. The Morgan fingerprint density at radius 3 is 2.44 bits per heavy atom. The maximum absolute atomic E-state index is 12.9. The molecule has 1 aliphatic heterocycles. The van der Waals surface area contributed by atoms with Crippen LogP contribution in [0.15, 0.2) is 48.5 Å². The topological polar surface area (TPSA) is 96.9 Å². The van der Waals surface area contributed by atoms with Crippen molar-refractivity contribution < 1.29 is 19.1 Å². The summed E-state index contributed by atoms with van der Waals surface area (Å²) < 4.78 is 10.2. The van der Waals surface area contributed by atoms with Gasteiger partial charge in [0.15, 0.2) is 0 Å². The second-order valence-electron chi connectivity index (χ2n) is 9.20. The van der Waals surface area contributed by atoms with E-state index in [9.17, 15) is 9.59 Å². The van der Waals surface area contributed by atoms with E-state index in [0.717, 1.165) is 10.9 Å². The average Bonchev–Trinajstić information content (AvgIpc) is 2.91. The standard InChI is InChI=1S/C27H33N5O4/c1-18(2)24(27(34)36-4)30-25-21-10-5-6-11-22(21)28-23(29-25)17-31-12-14-32(15-13-31)26(33)19-8-7-9-20(16-19)35-3/h5-11,16,18,24H,12-15,17H2,1-4H3,(H,28,29,30)/t24-/m0/s1. The molecular formula is C27H33N5O4. The molecule has 1 fully saturated rings. The minimum Gasteiger partial charge on any atom is -0.497 e. The molecule has 0 aliphatic carbocycles. The third-order valence-electron chi connectivity index (χ3n) is 6.40. The lowest BCUT2D eigenvalue weighted by Gasteiger charge is -2.34. The quantitative estimate of drug-likeness (QED) is 0.480. The molecule has 1 amide bonds. The lowest BCUT2D eigenvalue weighted by Crippen LogP contribution is -2.48. The van der Waals surface area contributed by atoms with Crippen LogP contribution in [-0.2, 0) is 16.1 Å². The largest absolute Gasteiger partial charge is 0.497 e. The number of benzene rings is 2. The number of carbonyl (C=O) groups is 2. The van der Waals surface area contributed by atoms with E-state index in [4.69, 9.17) is 19.4 Å². The molecule has 2 heterocycles. The van der Waals surface area contributed by atoms with Gasteiger partial charge in [0, 0.05) is 37.1 Å². The van der Waals surface area contributed by atoms with Gasteiger partial charge in [-0.15, -0.1) is 0 Å². The van der Waals surface area contributed by atoms with E-state index in [1.165, 1.54) is 7.11 Å². The minimum atomic E-state index is -0.521. The summed E-state index contributed by atoms with van der Waals surface area (Å²) in [5.41, 5.74) is 1.44. The Bertz CT molecular complexity index is 1220. The fraction of sp³-hybridized carbons (Fsp3) is 0.407. The van der Waals surface area contributed by atoms with Gasteiger partial charge >= 0.3 is 5.97 Å². The van der Waals surface area contributed by atoms with Gasteiger partial charge in [0.25, 0.3) is 5.91 Å². The zero-order valence-corrected chi connectivity index (χ0v) is 21.2. The number of esters is 1. The van der Waals surface area contributed by atoms with Gasteiger partial charge in [0.1, 0.15) is 23.4 Å². The molecule has 1 saturated heterocycles. The average molecular weight is 492 g/mol. The SMILES string of the molecule is COC(=O)[C@@H](Nc1nc(CN2CCN(C(=O)c3cccc(OC)c3)CC2)nc2ccccc12)C(C)C. The van der Waals surface area contributed by atoms with Gasteiger partial charge in [-0.3, -0.25) is 9.69 Å². The zero-order chi connectivity index (χ0) is 25.7. The number of hydrogen-bond acceptors (Lipinski definition) is 8. The maximum Gasteiger partial charge on any atom is 0.328 e. The van der Waals surface area contributed by atoms with Crippen molar-refractivity contribution in [3.05, 3.63) is 59.9 Å². The van der Waals surface area contributed by atoms with E-state index in [2.05, 4.69) is 10.2 Å². The zero-order valence-electron chi connectivity index (χ0n) is 21.2. The monoisotopic (exact) mass is 491 g/mol. The van der Waals surface area contributed by atoms with Gasteiger partial charge in [-0.25, -0.2) is 14.8 Å². The fourth-order valence-corrected chi connectivity index (χ4v) is 4.33.